The summed E-state index contributed by atoms with van der Waals surface area (Å²) in [6.07, 6.45) is 0. The fourth-order valence-electron chi connectivity index (χ4n) is 1.65. The molecule has 0 saturated heterocycles. The Morgan fingerprint density at radius 3 is 2.35 bits per heavy atom. The third-order valence-electron chi connectivity index (χ3n) is 2.50. The van der Waals surface area contributed by atoms with E-state index >= 15 is 0 Å². The molecule has 0 bridgehead atoms. The molecule has 0 aliphatic heterocycles. The molecule has 2 aromatic carbocycles. The van der Waals surface area contributed by atoms with Crippen molar-refractivity contribution in [2.45, 2.75) is 16.9 Å². The molecule has 2 rings (SSSR count). The Balaban J connectivity index is 1.94. The lowest BCUT2D eigenvalue weighted by Gasteiger charge is -2.09. The third-order valence-corrected chi connectivity index (χ3v) is 3.23. The minimum Gasteiger partial charge on any atom is -0.508 e. The molecule has 2 aromatic rings. The smallest absolute Gasteiger partial charge is 0.446 e. The van der Waals surface area contributed by atoms with Gasteiger partial charge in [-0.15, -0.1) is 0 Å². The van der Waals surface area contributed by atoms with Gasteiger partial charge in [0.15, 0.2) is 0 Å². The van der Waals surface area contributed by atoms with E-state index < -0.39 is 5.51 Å². The standard InChI is InChI=1S/C14H12F3NOS/c15-14(16,17)20-13-6-4-11(5-7-13)18-9-10-2-1-3-12(19)8-10/h1-8,18-19H,9H2. The maximum Gasteiger partial charge on any atom is 0.446 e. The summed E-state index contributed by atoms with van der Waals surface area (Å²) in [7, 11) is 0. The van der Waals surface area contributed by atoms with Crippen molar-refractivity contribution in [3.05, 3.63) is 54.1 Å². The largest absolute Gasteiger partial charge is 0.508 e. The number of hydrogen-bond acceptors (Lipinski definition) is 3. The number of hydrogen-bond donors (Lipinski definition) is 2. The van der Waals surface area contributed by atoms with Gasteiger partial charge in [-0.05, 0) is 53.7 Å². The van der Waals surface area contributed by atoms with Crippen molar-refractivity contribution < 1.29 is 18.3 Å². The minimum absolute atomic E-state index is 0.135. The van der Waals surface area contributed by atoms with Crippen molar-refractivity contribution in [3.8, 4) is 5.75 Å². The molecule has 0 aliphatic rings. The Bertz CT molecular complexity index is 569. The van der Waals surface area contributed by atoms with Crippen LogP contribution >= 0.6 is 11.8 Å². The number of alkyl halides is 3. The van der Waals surface area contributed by atoms with Crippen molar-refractivity contribution in [1.29, 1.82) is 0 Å². The van der Waals surface area contributed by atoms with Crippen LogP contribution in [0, 0.1) is 0 Å². The van der Waals surface area contributed by atoms with Crippen LogP contribution in [-0.2, 0) is 6.54 Å². The van der Waals surface area contributed by atoms with Crippen LogP contribution < -0.4 is 5.32 Å². The van der Waals surface area contributed by atoms with Crippen molar-refractivity contribution in [2.24, 2.45) is 0 Å². The zero-order chi connectivity index (χ0) is 14.6. The maximum absolute atomic E-state index is 12.2. The van der Waals surface area contributed by atoms with Gasteiger partial charge in [-0.2, -0.15) is 13.2 Å². The fraction of sp³-hybridized carbons (Fsp3) is 0.143. The zero-order valence-electron chi connectivity index (χ0n) is 10.3. The molecule has 0 heterocycles. The van der Waals surface area contributed by atoms with E-state index in [1.54, 1.807) is 30.3 Å². The van der Waals surface area contributed by atoms with Crippen LogP contribution in [0.4, 0.5) is 18.9 Å². The van der Waals surface area contributed by atoms with Gasteiger partial charge in [0.05, 0.1) is 0 Å². The average molecular weight is 299 g/mol. The van der Waals surface area contributed by atoms with Gasteiger partial charge < -0.3 is 10.4 Å². The first kappa shape index (κ1) is 14.6. The van der Waals surface area contributed by atoms with Gasteiger partial charge in [0.25, 0.3) is 0 Å². The minimum atomic E-state index is -4.27. The quantitative estimate of drug-likeness (QED) is 0.808. The predicted octanol–water partition coefficient (Wildman–Crippen LogP) is 4.62. The summed E-state index contributed by atoms with van der Waals surface area (Å²) in [5.74, 6) is 0.182. The highest BCUT2D eigenvalue weighted by Crippen LogP contribution is 2.37. The van der Waals surface area contributed by atoms with Gasteiger partial charge in [0, 0.05) is 17.1 Å². The number of anilines is 1. The van der Waals surface area contributed by atoms with E-state index in [1.807, 2.05) is 6.07 Å². The van der Waals surface area contributed by atoms with Crippen LogP contribution in [0.3, 0.4) is 0 Å². The first-order chi connectivity index (χ1) is 9.42. The third kappa shape index (κ3) is 4.70. The molecule has 6 heteroatoms. The highest BCUT2D eigenvalue weighted by atomic mass is 32.2. The van der Waals surface area contributed by atoms with Crippen molar-refractivity contribution in [3.63, 3.8) is 0 Å². The average Bonchev–Trinajstić information content (AvgIpc) is 2.36. The Labute approximate surface area is 118 Å². The number of benzene rings is 2. The molecule has 20 heavy (non-hydrogen) atoms. The number of halogens is 3. The molecule has 0 radical (unpaired) electrons. The Morgan fingerprint density at radius 2 is 1.75 bits per heavy atom. The van der Waals surface area contributed by atoms with E-state index in [2.05, 4.69) is 5.32 Å². The van der Waals surface area contributed by atoms with E-state index in [4.69, 9.17) is 0 Å². The van der Waals surface area contributed by atoms with E-state index in [1.165, 1.54) is 12.1 Å². The van der Waals surface area contributed by atoms with Crippen LogP contribution in [0.5, 0.6) is 5.75 Å². The second kappa shape index (κ2) is 6.09. The van der Waals surface area contributed by atoms with Gasteiger partial charge in [-0.3, -0.25) is 0 Å². The SMILES string of the molecule is Oc1cccc(CNc2ccc(SC(F)(F)F)cc2)c1. The molecule has 0 aromatic heterocycles. The zero-order valence-corrected chi connectivity index (χ0v) is 11.1. The maximum atomic E-state index is 12.2. The highest BCUT2D eigenvalue weighted by molar-refractivity contribution is 8.00. The molecule has 0 fully saturated rings. The Kier molecular flexibility index (Phi) is 4.44. The van der Waals surface area contributed by atoms with E-state index in [0.717, 1.165) is 11.3 Å². The Hall–Kier alpha value is -1.82. The number of phenols is 1. The molecule has 2 N–H and O–H groups in total. The van der Waals surface area contributed by atoms with Crippen LogP contribution in [0.2, 0.25) is 0 Å². The van der Waals surface area contributed by atoms with Crippen LogP contribution in [0.1, 0.15) is 5.56 Å². The number of phenolic OH excluding ortho intramolecular Hbond substituents is 1. The molecular weight excluding hydrogens is 287 g/mol. The Morgan fingerprint density at radius 1 is 1.05 bits per heavy atom. The van der Waals surface area contributed by atoms with Crippen molar-refractivity contribution in [2.75, 3.05) is 5.32 Å². The summed E-state index contributed by atoms with van der Waals surface area (Å²) < 4.78 is 36.5. The number of rotatable bonds is 4. The molecule has 0 saturated carbocycles. The van der Waals surface area contributed by atoms with Crippen LogP contribution in [-0.4, -0.2) is 10.6 Å². The molecule has 0 amide bonds. The highest BCUT2D eigenvalue weighted by Gasteiger charge is 2.28. The molecule has 0 atom stereocenters. The molecular formula is C14H12F3NOS. The summed E-state index contributed by atoms with van der Waals surface area (Å²) in [4.78, 5) is 0.153. The number of thioether (sulfide) groups is 1. The van der Waals surface area contributed by atoms with E-state index in [9.17, 15) is 18.3 Å². The lowest BCUT2D eigenvalue weighted by atomic mass is 10.2. The second-order valence-electron chi connectivity index (χ2n) is 4.10. The molecule has 106 valence electrons. The van der Waals surface area contributed by atoms with Crippen LogP contribution in [0.15, 0.2) is 53.4 Å². The lowest BCUT2D eigenvalue weighted by Crippen LogP contribution is -2.00. The lowest BCUT2D eigenvalue weighted by molar-refractivity contribution is -0.0328. The van der Waals surface area contributed by atoms with Crippen LogP contribution in [0.25, 0.3) is 0 Å². The molecule has 0 aliphatic carbocycles. The van der Waals surface area contributed by atoms with E-state index in [0.29, 0.717) is 6.54 Å². The molecule has 0 spiro atoms. The number of nitrogens with one attached hydrogen (secondary N) is 1. The summed E-state index contributed by atoms with van der Waals surface area (Å²) in [6.45, 7) is 0.486. The summed E-state index contributed by atoms with van der Waals surface area (Å²) >= 11 is -0.135. The van der Waals surface area contributed by atoms with Gasteiger partial charge in [0.1, 0.15) is 5.75 Å². The van der Waals surface area contributed by atoms with Gasteiger partial charge in [-0.25, -0.2) is 0 Å². The molecule has 0 unspecified atom stereocenters. The van der Waals surface area contributed by atoms with Gasteiger partial charge in [-0.1, -0.05) is 12.1 Å². The first-order valence-corrected chi connectivity index (χ1v) is 6.62. The summed E-state index contributed by atoms with van der Waals surface area (Å²) in [5, 5.41) is 12.4. The predicted molar refractivity (Wildman–Crippen MR) is 73.8 cm³/mol. The second-order valence-corrected chi connectivity index (χ2v) is 5.23. The van der Waals surface area contributed by atoms with Crippen molar-refractivity contribution in [1.82, 2.24) is 0 Å². The topological polar surface area (TPSA) is 32.3 Å². The van der Waals surface area contributed by atoms with Gasteiger partial charge in [0.2, 0.25) is 0 Å². The first-order valence-electron chi connectivity index (χ1n) is 5.80. The molecule has 2 nitrogen and oxygen atoms in total. The summed E-state index contributed by atoms with van der Waals surface area (Å²) in [5.41, 5.74) is -2.66. The van der Waals surface area contributed by atoms with Crippen molar-refractivity contribution >= 4 is 17.4 Å². The monoisotopic (exact) mass is 299 g/mol. The number of aromatic hydroxyl groups is 1. The fourth-order valence-corrected chi connectivity index (χ4v) is 2.18. The van der Waals surface area contributed by atoms with Gasteiger partial charge >= 0.3 is 5.51 Å². The summed E-state index contributed by atoms with van der Waals surface area (Å²) in [6, 6.07) is 12.8. The normalized spacial score (nSPS) is 11.3. The van der Waals surface area contributed by atoms with E-state index in [-0.39, 0.29) is 22.4 Å².